The normalized spacial score (nSPS) is 16.0. The molecule has 1 aromatic heterocycles. The molecule has 2 N–H and O–H groups in total. The summed E-state index contributed by atoms with van der Waals surface area (Å²) in [5.41, 5.74) is 3.73. The number of halogens is 1. The van der Waals surface area contributed by atoms with Crippen LogP contribution >= 0.6 is 11.6 Å². The van der Waals surface area contributed by atoms with E-state index >= 15 is 0 Å². The van der Waals surface area contributed by atoms with E-state index in [9.17, 15) is 9.59 Å². The summed E-state index contributed by atoms with van der Waals surface area (Å²) in [4.78, 5) is 25.3. The summed E-state index contributed by atoms with van der Waals surface area (Å²) in [7, 11) is 0. The van der Waals surface area contributed by atoms with Gasteiger partial charge in [-0.05, 0) is 45.0 Å². The van der Waals surface area contributed by atoms with Crippen LogP contribution in [0.1, 0.15) is 32.4 Å². The van der Waals surface area contributed by atoms with Gasteiger partial charge in [-0.2, -0.15) is 5.10 Å². The Morgan fingerprint density at radius 1 is 1.12 bits per heavy atom. The van der Waals surface area contributed by atoms with Crippen molar-refractivity contribution < 1.29 is 14.3 Å². The van der Waals surface area contributed by atoms with Gasteiger partial charge in [-0.1, -0.05) is 41.9 Å². The molecule has 4 rings (SSSR count). The van der Waals surface area contributed by atoms with Crippen molar-refractivity contribution >= 4 is 23.6 Å². The van der Waals surface area contributed by atoms with Gasteiger partial charge in [0.25, 0.3) is 0 Å². The maximum atomic E-state index is 13.0. The van der Waals surface area contributed by atoms with E-state index < -0.39 is 18.0 Å². The third kappa shape index (κ3) is 4.38. The van der Waals surface area contributed by atoms with E-state index in [1.165, 1.54) is 0 Å². The van der Waals surface area contributed by atoms with E-state index in [1.807, 2.05) is 48.7 Å². The van der Waals surface area contributed by atoms with Gasteiger partial charge in [0.15, 0.2) is 0 Å². The Kier molecular flexibility index (Phi) is 6.01. The lowest BCUT2D eigenvalue weighted by atomic mass is 9.94. The molecule has 1 aliphatic heterocycles. The second-order valence-electron chi connectivity index (χ2n) is 7.74. The summed E-state index contributed by atoms with van der Waals surface area (Å²) >= 11 is 6.08. The van der Waals surface area contributed by atoms with Crippen LogP contribution in [-0.4, -0.2) is 27.9 Å². The van der Waals surface area contributed by atoms with Gasteiger partial charge in [0.2, 0.25) is 0 Å². The van der Waals surface area contributed by atoms with E-state index in [0.717, 1.165) is 11.3 Å². The molecule has 0 spiro atoms. The van der Waals surface area contributed by atoms with Gasteiger partial charge in [-0.25, -0.2) is 14.3 Å². The smallest absolute Gasteiger partial charge is 0.338 e. The SMILES string of the molecule is CC1=C(C(=O)OC(C)C)[C@@H](c2cn(-c3ccccc3)nc2-c2ccc(Cl)cc2)NC(=O)N1. The van der Waals surface area contributed by atoms with E-state index in [-0.39, 0.29) is 6.10 Å². The van der Waals surface area contributed by atoms with Gasteiger partial charge >= 0.3 is 12.0 Å². The Balaban J connectivity index is 1.89. The lowest BCUT2D eigenvalue weighted by Gasteiger charge is -2.28. The van der Waals surface area contributed by atoms with Crippen LogP contribution in [-0.2, 0) is 9.53 Å². The fourth-order valence-corrected chi connectivity index (χ4v) is 3.74. The van der Waals surface area contributed by atoms with E-state index in [1.54, 1.807) is 37.6 Å². The largest absolute Gasteiger partial charge is 0.459 e. The lowest BCUT2D eigenvalue weighted by Crippen LogP contribution is -2.45. The van der Waals surface area contributed by atoms with Crippen LogP contribution in [0.25, 0.3) is 16.9 Å². The first-order valence-corrected chi connectivity index (χ1v) is 10.6. The van der Waals surface area contributed by atoms with Crippen LogP contribution in [0.2, 0.25) is 5.02 Å². The molecule has 0 saturated carbocycles. The van der Waals surface area contributed by atoms with Gasteiger partial charge in [0, 0.05) is 28.0 Å². The highest BCUT2D eigenvalue weighted by Crippen LogP contribution is 2.35. The van der Waals surface area contributed by atoms with Gasteiger partial charge in [-0.15, -0.1) is 0 Å². The van der Waals surface area contributed by atoms with Gasteiger partial charge in [0.05, 0.1) is 29.1 Å². The number of allylic oxidation sites excluding steroid dienone is 1. The van der Waals surface area contributed by atoms with Crippen LogP contribution in [0.15, 0.2) is 72.1 Å². The minimum atomic E-state index is -0.738. The first kappa shape index (κ1) is 21.6. The minimum absolute atomic E-state index is 0.302. The molecule has 7 nitrogen and oxygen atoms in total. The fourth-order valence-electron chi connectivity index (χ4n) is 3.62. The zero-order valence-electron chi connectivity index (χ0n) is 17.9. The number of carbonyl (C=O) groups excluding carboxylic acids is 2. The molecule has 32 heavy (non-hydrogen) atoms. The van der Waals surface area contributed by atoms with Crippen molar-refractivity contribution in [2.45, 2.75) is 32.9 Å². The van der Waals surface area contributed by atoms with Crippen molar-refractivity contribution in [3.05, 3.63) is 82.7 Å². The molecule has 0 fully saturated rings. The first-order chi connectivity index (χ1) is 15.3. The summed E-state index contributed by atoms with van der Waals surface area (Å²) in [5, 5.41) is 10.9. The highest BCUT2D eigenvalue weighted by molar-refractivity contribution is 6.30. The number of aromatic nitrogens is 2. The number of rotatable bonds is 5. The molecule has 2 aromatic carbocycles. The van der Waals surface area contributed by atoms with Crippen molar-refractivity contribution in [2.24, 2.45) is 0 Å². The van der Waals surface area contributed by atoms with Crippen molar-refractivity contribution in [1.82, 2.24) is 20.4 Å². The summed E-state index contributed by atoms with van der Waals surface area (Å²) in [6, 6.07) is 15.7. The second kappa shape index (κ2) is 8.88. The summed E-state index contributed by atoms with van der Waals surface area (Å²) < 4.78 is 7.20. The second-order valence-corrected chi connectivity index (χ2v) is 8.18. The third-order valence-electron chi connectivity index (χ3n) is 5.02. The van der Waals surface area contributed by atoms with E-state index in [0.29, 0.717) is 27.6 Å². The van der Waals surface area contributed by atoms with E-state index in [4.69, 9.17) is 21.4 Å². The molecule has 3 aromatic rings. The van der Waals surface area contributed by atoms with Crippen molar-refractivity contribution in [2.75, 3.05) is 0 Å². The van der Waals surface area contributed by atoms with Crippen molar-refractivity contribution in [1.29, 1.82) is 0 Å². The number of carbonyl (C=O) groups is 2. The molecule has 0 aliphatic carbocycles. The third-order valence-corrected chi connectivity index (χ3v) is 5.28. The number of ether oxygens (including phenoxy) is 1. The fraction of sp³-hybridized carbons (Fsp3) is 0.208. The molecule has 0 bridgehead atoms. The van der Waals surface area contributed by atoms with Gasteiger partial charge in [-0.3, -0.25) is 0 Å². The highest BCUT2D eigenvalue weighted by atomic mass is 35.5. The Hall–Kier alpha value is -3.58. The number of nitrogens with one attached hydrogen (secondary N) is 2. The average Bonchev–Trinajstić information content (AvgIpc) is 3.19. The number of benzene rings is 2. The Bertz CT molecular complexity index is 1180. The summed E-state index contributed by atoms with van der Waals surface area (Å²) in [6.07, 6.45) is 1.52. The van der Waals surface area contributed by atoms with Crippen LogP contribution < -0.4 is 10.6 Å². The summed E-state index contributed by atoms with van der Waals surface area (Å²) in [5.74, 6) is -0.496. The Morgan fingerprint density at radius 3 is 2.47 bits per heavy atom. The number of amides is 2. The molecule has 0 unspecified atom stereocenters. The van der Waals surface area contributed by atoms with E-state index in [2.05, 4.69) is 10.6 Å². The number of nitrogens with zero attached hydrogens (tertiary/aromatic N) is 2. The number of esters is 1. The Labute approximate surface area is 191 Å². The quantitative estimate of drug-likeness (QED) is 0.548. The molecule has 0 saturated heterocycles. The zero-order valence-corrected chi connectivity index (χ0v) is 18.7. The molecule has 2 heterocycles. The zero-order chi connectivity index (χ0) is 22.8. The standard InChI is InChI=1S/C24H23ClN4O3/c1-14(2)32-23(30)20-15(3)26-24(31)27-22(20)19-13-29(18-7-5-4-6-8-18)28-21(19)16-9-11-17(25)12-10-16/h4-14,22H,1-3H3,(H2,26,27,31)/t22-/m1/s1. The molecular weight excluding hydrogens is 428 g/mol. The lowest BCUT2D eigenvalue weighted by molar-refractivity contribution is -0.143. The average molecular weight is 451 g/mol. The molecule has 2 amide bonds. The summed E-state index contributed by atoms with van der Waals surface area (Å²) in [6.45, 7) is 5.25. The number of urea groups is 1. The van der Waals surface area contributed by atoms with Crippen LogP contribution in [0.4, 0.5) is 4.79 Å². The monoisotopic (exact) mass is 450 g/mol. The van der Waals surface area contributed by atoms with Crippen LogP contribution in [0, 0.1) is 0 Å². The molecular formula is C24H23ClN4O3. The van der Waals surface area contributed by atoms with Gasteiger partial charge < -0.3 is 15.4 Å². The molecule has 1 aliphatic rings. The molecule has 8 heteroatoms. The van der Waals surface area contributed by atoms with Crippen LogP contribution in [0.5, 0.6) is 0 Å². The Morgan fingerprint density at radius 2 is 1.81 bits per heavy atom. The number of hydrogen-bond donors (Lipinski definition) is 2. The van der Waals surface area contributed by atoms with Gasteiger partial charge in [0.1, 0.15) is 0 Å². The maximum absolute atomic E-state index is 13.0. The van der Waals surface area contributed by atoms with Crippen LogP contribution in [0.3, 0.4) is 0 Å². The number of para-hydroxylation sites is 1. The highest BCUT2D eigenvalue weighted by Gasteiger charge is 2.35. The van der Waals surface area contributed by atoms with Crippen molar-refractivity contribution in [3.8, 4) is 16.9 Å². The predicted octanol–water partition coefficient (Wildman–Crippen LogP) is 4.77. The minimum Gasteiger partial charge on any atom is -0.459 e. The first-order valence-electron chi connectivity index (χ1n) is 10.2. The molecule has 1 atom stereocenters. The number of hydrogen-bond acceptors (Lipinski definition) is 4. The predicted molar refractivity (Wildman–Crippen MR) is 122 cm³/mol. The van der Waals surface area contributed by atoms with Crippen molar-refractivity contribution in [3.63, 3.8) is 0 Å². The topological polar surface area (TPSA) is 85.2 Å². The maximum Gasteiger partial charge on any atom is 0.338 e. The molecule has 0 radical (unpaired) electrons. The molecule has 164 valence electrons.